The van der Waals surface area contributed by atoms with E-state index in [0.717, 1.165) is 4.88 Å². The molecule has 0 amide bonds. The van der Waals surface area contributed by atoms with Crippen molar-refractivity contribution in [2.45, 2.75) is 0 Å². The van der Waals surface area contributed by atoms with Crippen LogP contribution in [0.1, 0.15) is 5.69 Å². The van der Waals surface area contributed by atoms with Gasteiger partial charge in [-0.05, 0) is 17.5 Å². The van der Waals surface area contributed by atoms with Gasteiger partial charge in [-0.2, -0.15) is 10.2 Å². The molecule has 0 saturated carbocycles. The minimum absolute atomic E-state index is 0.0780. The molecule has 78 valence electrons. The maximum atomic E-state index is 8.73. The van der Waals surface area contributed by atoms with Gasteiger partial charge in [-0.15, -0.1) is 22.7 Å². The van der Waals surface area contributed by atoms with Gasteiger partial charge in [0.1, 0.15) is 6.07 Å². The highest BCUT2D eigenvalue weighted by Gasteiger charge is 2.14. The third kappa shape index (κ3) is 1.30. The average molecular weight is 247 g/mol. The fourth-order valence-electron chi connectivity index (χ4n) is 1.39. The van der Waals surface area contributed by atoms with Crippen LogP contribution in [0.25, 0.3) is 20.2 Å². The Bertz CT molecular complexity index is 673. The van der Waals surface area contributed by atoms with Crippen molar-refractivity contribution >= 4 is 38.0 Å². The van der Waals surface area contributed by atoms with Crippen molar-refractivity contribution in [2.24, 2.45) is 0 Å². The Morgan fingerprint density at radius 2 is 2.31 bits per heavy atom. The zero-order valence-electron chi connectivity index (χ0n) is 7.93. The van der Waals surface area contributed by atoms with Crippen LogP contribution in [-0.4, -0.2) is 4.98 Å². The van der Waals surface area contributed by atoms with Crippen molar-refractivity contribution in [2.75, 3.05) is 5.73 Å². The summed E-state index contributed by atoms with van der Waals surface area (Å²) in [6.07, 6.45) is 0. The summed E-state index contributed by atoms with van der Waals surface area (Å²) >= 11 is 3.24. The third-order valence-electron chi connectivity index (χ3n) is 2.11. The Kier molecular flexibility index (Phi) is 1.96. The van der Waals surface area contributed by atoms with E-state index in [1.807, 2.05) is 23.6 Å². The van der Waals surface area contributed by atoms with Crippen LogP contribution in [0.15, 0.2) is 21.9 Å². The topological polar surface area (TPSA) is 75.8 Å². The fourth-order valence-corrected chi connectivity index (χ4v) is 3.42. The predicted molar refractivity (Wildman–Crippen MR) is 64.3 cm³/mol. The Morgan fingerprint density at radius 3 is 3.00 bits per heavy atom. The number of aromatic nitrogens is 1. The molecule has 6 heteroatoms. The first-order chi connectivity index (χ1) is 7.78. The molecule has 0 radical (unpaired) electrons. The molecule has 3 aromatic rings. The Hall–Kier alpha value is -1.84. The molecule has 0 atom stereocenters. The van der Waals surface area contributed by atoms with Crippen molar-refractivity contribution in [3.63, 3.8) is 0 Å². The van der Waals surface area contributed by atoms with Crippen LogP contribution < -0.4 is 5.73 Å². The number of hydrogen-bond donors (Lipinski definition) is 1. The van der Waals surface area contributed by atoms with E-state index >= 15 is 0 Å². The van der Waals surface area contributed by atoms with Crippen LogP contribution >= 0.6 is 22.7 Å². The maximum Gasteiger partial charge on any atom is 0.240 e. The first-order valence-electron chi connectivity index (χ1n) is 4.42. The van der Waals surface area contributed by atoms with Gasteiger partial charge in [-0.3, -0.25) is 0 Å². The van der Waals surface area contributed by atoms with E-state index in [9.17, 15) is 0 Å². The molecule has 0 saturated heterocycles. The van der Waals surface area contributed by atoms with E-state index < -0.39 is 0 Å². The van der Waals surface area contributed by atoms with Gasteiger partial charge in [-0.1, -0.05) is 0 Å². The summed E-state index contributed by atoms with van der Waals surface area (Å²) in [6, 6.07) is 5.93. The van der Waals surface area contributed by atoms with Gasteiger partial charge in [0.05, 0.1) is 4.88 Å². The highest BCUT2D eigenvalue weighted by Crippen LogP contribution is 2.36. The largest absolute Gasteiger partial charge is 0.419 e. The van der Waals surface area contributed by atoms with Gasteiger partial charge >= 0.3 is 0 Å². The lowest BCUT2D eigenvalue weighted by Crippen LogP contribution is -1.83. The van der Waals surface area contributed by atoms with Crippen LogP contribution in [0.5, 0.6) is 0 Å². The SMILES string of the molecule is N#Cc1nc(-c2cc3sccc3s2)oc1N. The summed E-state index contributed by atoms with van der Waals surface area (Å²) in [7, 11) is 0. The molecule has 0 aromatic carbocycles. The van der Waals surface area contributed by atoms with Crippen LogP contribution in [0, 0.1) is 11.3 Å². The first kappa shape index (κ1) is 9.39. The van der Waals surface area contributed by atoms with Crippen molar-refractivity contribution in [3.8, 4) is 16.8 Å². The number of oxazole rings is 1. The summed E-state index contributed by atoms with van der Waals surface area (Å²) < 4.78 is 7.63. The molecule has 0 unspecified atom stereocenters. The molecule has 0 aliphatic rings. The summed E-state index contributed by atoms with van der Waals surface area (Å²) in [4.78, 5) is 4.93. The summed E-state index contributed by atoms with van der Waals surface area (Å²) in [5.41, 5.74) is 5.66. The molecule has 3 aromatic heterocycles. The monoisotopic (exact) mass is 247 g/mol. The van der Waals surface area contributed by atoms with E-state index in [1.165, 1.54) is 9.40 Å². The molecule has 0 spiro atoms. The summed E-state index contributed by atoms with van der Waals surface area (Å²) in [6.45, 7) is 0. The van der Waals surface area contributed by atoms with E-state index in [-0.39, 0.29) is 11.6 Å². The fraction of sp³-hybridized carbons (Fsp3) is 0. The molecule has 0 fully saturated rings. The molecule has 0 aliphatic heterocycles. The zero-order chi connectivity index (χ0) is 11.1. The lowest BCUT2D eigenvalue weighted by atomic mass is 10.4. The quantitative estimate of drug-likeness (QED) is 0.717. The Labute approximate surface area is 98.6 Å². The number of nitriles is 1. The normalized spacial score (nSPS) is 10.7. The van der Waals surface area contributed by atoms with Crippen molar-refractivity contribution < 1.29 is 4.42 Å². The van der Waals surface area contributed by atoms with Gasteiger partial charge in [0.2, 0.25) is 17.5 Å². The number of thiophene rings is 2. The lowest BCUT2D eigenvalue weighted by Gasteiger charge is -1.85. The second kappa shape index (κ2) is 3.33. The molecule has 0 bridgehead atoms. The number of hydrogen-bond acceptors (Lipinski definition) is 6. The maximum absolute atomic E-state index is 8.73. The zero-order valence-corrected chi connectivity index (χ0v) is 9.56. The lowest BCUT2D eigenvalue weighted by molar-refractivity contribution is 0.595. The van der Waals surface area contributed by atoms with Crippen molar-refractivity contribution in [3.05, 3.63) is 23.2 Å². The minimum Gasteiger partial charge on any atom is -0.419 e. The molecular formula is C10H5N3OS2. The van der Waals surface area contributed by atoms with E-state index in [1.54, 1.807) is 22.7 Å². The molecule has 16 heavy (non-hydrogen) atoms. The summed E-state index contributed by atoms with van der Waals surface area (Å²) in [5.74, 6) is 0.497. The van der Waals surface area contributed by atoms with Gasteiger partial charge in [0, 0.05) is 9.40 Å². The molecule has 4 nitrogen and oxygen atoms in total. The number of rotatable bonds is 1. The Balaban J connectivity index is 2.16. The highest BCUT2D eigenvalue weighted by atomic mass is 32.1. The smallest absolute Gasteiger partial charge is 0.240 e. The molecule has 3 heterocycles. The number of nitrogens with two attached hydrogens (primary N) is 1. The number of nitrogens with zero attached hydrogens (tertiary/aromatic N) is 2. The number of fused-ring (bicyclic) bond motifs is 1. The Morgan fingerprint density at radius 1 is 1.44 bits per heavy atom. The van der Waals surface area contributed by atoms with Gasteiger partial charge in [-0.25, -0.2) is 0 Å². The van der Waals surface area contributed by atoms with E-state index in [0.29, 0.717) is 5.89 Å². The average Bonchev–Trinajstić information content (AvgIpc) is 2.88. The van der Waals surface area contributed by atoms with Gasteiger partial charge in [0.15, 0.2) is 0 Å². The highest BCUT2D eigenvalue weighted by molar-refractivity contribution is 7.28. The van der Waals surface area contributed by atoms with Crippen molar-refractivity contribution in [1.82, 2.24) is 4.98 Å². The summed E-state index contributed by atoms with van der Waals surface area (Å²) in [5, 5.41) is 10.8. The second-order valence-electron chi connectivity index (χ2n) is 3.10. The molecule has 2 N–H and O–H groups in total. The third-order valence-corrected chi connectivity index (χ3v) is 4.19. The first-order valence-corrected chi connectivity index (χ1v) is 6.11. The molecule has 0 aliphatic carbocycles. The van der Waals surface area contributed by atoms with Crippen LogP contribution in [0.2, 0.25) is 0 Å². The number of nitrogen functional groups attached to an aromatic ring is 1. The minimum atomic E-state index is 0.0780. The van der Waals surface area contributed by atoms with Crippen molar-refractivity contribution in [1.29, 1.82) is 5.26 Å². The van der Waals surface area contributed by atoms with E-state index in [4.69, 9.17) is 15.4 Å². The molecular weight excluding hydrogens is 242 g/mol. The standard InChI is InChI=1S/C10H5N3OS2/c11-4-5-9(12)14-10(13-5)8-3-7-6(16-8)1-2-15-7/h1-3H,12H2. The van der Waals surface area contributed by atoms with Gasteiger partial charge < -0.3 is 10.2 Å². The van der Waals surface area contributed by atoms with Crippen LogP contribution in [-0.2, 0) is 0 Å². The predicted octanol–water partition coefficient (Wildman–Crippen LogP) is 3.07. The number of anilines is 1. The van der Waals surface area contributed by atoms with E-state index in [2.05, 4.69) is 4.98 Å². The van der Waals surface area contributed by atoms with Gasteiger partial charge in [0.25, 0.3) is 0 Å². The molecule has 3 rings (SSSR count). The van der Waals surface area contributed by atoms with Crippen LogP contribution in [0.3, 0.4) is 0 Å². The second-order valence-corrected chi connectivity index (χ2v) is 5.13. The van der Waals surface area contributed by atoms with Crippen LogP contribution in [0.4, 0.5) is 5.88 Å².